The normalized spacial score (nSPS) is 31.6. The molecule has 0 aromatic carbocycles. The minimum absolute atomic E-state index is 0.0890. The van der Waals surface area contributed by atoms with Crippen molar-refractivity contribution in [3.63, 3.8) is 0 Å². The second-order valence-corrected chi connectivity index (χ2v) is 8.21. The molecule has 2 amide bonds. The average molecular weight is 337 g/mol. The van der Waals surface area contributed by atoms with Crippen molar-refractivity contribution >= 4 is 11.8 Å². The summed E-state index contributed by atoms with van der Waals surface area (Å²) < 4.78 is 0. The van der Waals surface area contributed by atoms with Gasteiger partial charge in [0.05, 0.1) is 25.6 Å². The average Bonchev–Trinajstić information content (AvgIpc) is 3.22. The largest absolute Gasteiger partial charge is 0.356 e. The molecule has 2 N–H and O–H groups in total. The Bertz CT molecular complexity index is 440. The van der Waals surface area contributed by atoms with Crippen LogP contribution in [0.25, 0.3) is 0 Å². The molecule has 0 bridgehead atoms. The Morgan fingerprint density at radius 2 is 1.92 bits per heavy atom. The lowest BCUT2D eigenvalue weighted by atomic mass is 9.99. The molecule has 2 aliphatic heterocycles. The van der Waals surface area contributed by atoms with Crippen molar-refractivity contribution in [3.8, 4) is 0 Å². The highest BCUT2D eigenvalue weighted by atomic mass is 16.2. The predicted octanol–water partition coefficient (Wildman–Crippen LogP) is 0.599. The van der Waals surface area contributed by atoms with E-state index in [4.69, 9.17) is 0 Å². The maximum absolute atomic E-state index is 12.3. The molecule has 0 aromatic rings. The highest BCUT2D eigenvalue weighted by Crippen LogP contribution is 2.29. The van der Waals surface area contributed by atoms with Crippen LogP contribution in [0.1, 0.15) is 58.3 Å². The van der Waals surface area contributed by atoms with Crippen molar-refractivity contribution in [3.05, 3.63) is 0 Å². The van der Waals surface area contributed by atoms with E-state index in [9.17, 15) is 9.59 Å². The SMILES string of the molecule is CC1CC[NH+](CCCNC(=O)C2CC(=O)N(C3CCCC3)C2)CC1. The maximum atomic E-state index is 12.3. The van der Waals surface area contributed by atoms with Gasteiger partial charge < -0.3 is 15.1 Å². The van der Waals surface area contributed by atoms with Gasteiger partial charge in [0.2, 0.25) is 11.8 Å². The number of nitrogens with zero attached hydrogens (tertiary/aromatic N) is 1. The Hall–Kier alpha value is -1.10. The van der Waals surface area contributed by atoms with Crippen LogP contribution in [0.3, 0.4) is 0 Å². The van der Waals surface area contributed by atoms with E-state index in [0.29, 0.717) is 19.0 Å². The van der Waals surface area contributed by atoms with Gasteiger partial charge in [-0.1, -0.05) is 19.8 Å². The molecule has 0 aromatic heterocycles. The number of amides is 2. The molecular formula is C19H34N3O2+. The topological polar surface area (TPSA) is 53.9 Å². The fourth-order valence-corrected chi connectivity index (χ4v) is 4.59. The van der Waals surface area contributed by atoms with Gasteiger partial charge in [0.15, 0.2) is 0 Å². The van der Waals surface area contributed by atoms with Crippen molar-refractivity contribution in [1.82, 2.24) is 10.2 Å². The number of carbonyl (C=O) groups excluding carboxylic acids is 2. The molecule has 3 rings (SSSR count). The fraction of sp³-hybridized carbons (Fsp3) is 0.895. The summed E-state index contributed by atoms with van der Waals surface area (Å²) >= 11 is 0. The number of nitrogens with one attached hydrogen (secondary N) is 2. The quantitative estimate of drug-likeness (QED) is 0.698. The van der Waals surface area contributed by atoms with Crippen LogP contribution in [0.15, 0.2) is 0 Å². The molecule has 1 unspecified atom stereocenters. The molecule has 1 atom stereocenters. The molecule has 2 heterocycles. The van der Waals surface area contributed by atoms with Gasteiger partial charge in [-0.15, -0.1) is 0 Å². The van der Waals surface area contributed by atoms with Gasteiger partial charge in [0.25, 0.3) is 0 Å². The van der Waals surface area contributed by atoms with Gasteiger partial charge in [-0.2, -0.15) is 0 Å². The molecule has 1 saturated carbocycles. The van der Waals surface area contributed by atoms with Crippen LogP contribution in [0, 0.1) is 11.8 Å². The zero-order valence-corrected chi connectivity index (χ0v) is 15.2. The molecule has 0 spiro atoms. The lowest BCUT2D eigenvalue weighted by molar-refractivity contribution is -0.906. The molecule has 5 nitrogen and oxygen atoms in total. The van der Waals surface area contributed by atoms with E-state index in [0.717, 1.165) is 38.3 Å². The van der Waals surface area contributed by atoms with E-state index in [1.165, 1.54) is 38.8 Å². The Morgan fingerprint density at radius 1 is 1.21 bits per heavy atom. The summed E-state index contributed by atoms with van der Waals surface area (Å²) in [6, 6.07) is 0.403. The van der Waals surface area contributed by atoms with Crippen molar-refractivity contribution in [2.45, 2.75) is 64.3 Å². The summed E-state index contributed by atoms with van der Waals surface area (Å²) in [5, 5.41) is 3.07. The van der Waals surface area contributed by atoms with Gasteiger partial charge in [0, 0.05) is 32.0 Å². The van der Waals surface area contributed by atoms with E-state index in [2.05, 4.69) is 12.2 Å². The molecule has 24 heavy (non-hydrogen) atoms. The molecule has 3 aliphatic rings. The fourth-order valence-electron chi connectivity index (χ4n) is 4.59. The van der Waals surface area contributed by atoms with Gasteiger partial charge in [-0.25, -0.2) is 0 Å². The second-order valence-electron chi connectivity index (χ2n) is 8.21. The number of quaternary nitrogens is 1. The first-order valence-electron chi connectivity index (χ1n) is 10.0. The zero-order chi connectivity index (χ0) is 16.9. The summed E-state index contributed by atoms with van der Waals surface area (Å²) in [6.07, 6.45) is 8.83. The van der Waals surface area contributed by atoms with Crippen LogP contribution in [0.5, 0.6) is 0 Å². The highest BCUT2D eigenvalue weighted by molar-refractivity contribution is 5.89. The first-order valence-corrected chi connectivity index (χ1v) is 10.0. The number of likely N-dealkylation sites (tertiary alicyclic amines) is 2. The third-order valence-electron chi connectivity index (χ3n) is 6.28. The third-order valence-corrected chi connectivity index (χ3v) is 6.28. The molecular weight excluding hydrogens is 302 g/mol. The van der Waals surface area contributed by atoms with Crippen LogP contribution in [0.2, 0.25) is 0 Å². The van der Waals surface area contributed by atoms with E-state index in [1.807, 2.05) is 4.90 Å². The van der Waals surface area contributed by atoms with Gasteiger partial charge in [0.1, 0.15) is 0 Å². The van der Waals surface area contributed by atoms with Crippen molar-refractivity contribution in [2.24, 2.45) is 11.8 Å². The summed E-state index contributed by atoms with van der Waals surface area (Å²) in [5.41, 5.74) is 0. The maximum Gasteiger partial charge on any atom is 0.225 e. The molecule has 2 saturated heterocycles. The molecule has 3 fully saturated rings. The third kappa shape index (κ3) is 4.50. The molecule has 5 heteroatoms. The molecule has 136 valence electrons. The van der Waals surface area contributed by atoms with E-state index in [-0.39, 0.29) is 17.7 Å². The Kier molecular flexibility index (Phi) is 6.14. The number of hydrogen-bond acceptors (Lipinski definition) is 2. The van der Waals surface area contributed by atoms with E-state index < -0.39 is 0 Å². The lowest BCUT2D eigenvalue weighted by Crippen LogP contribution is -3.13. The van der Waals surface area contributed by atoms with Crippen molar-refractivity contribution in [1.29, 1.82) is 0 Å². The summed E-state index contributed by atoms with van der Waals surface area (Å²) in [7, 11) is 0. The van der Waals surface area contributed by atoms with Crippen LogP contribution in [-0.4, -0.2) is 55.5 Å². The minimum atomic E-state index is -0.124. The van der Waals surface area contributed by atoms with Crippen molar-refractivity contribution < 1.29 is 14.5 Å². The van der Waals surface area contributed by atoms with Crippen LogP contribution >= 0.6 is 0 Å². The van der Waals surface area contributed by atoms with E-state index in [1.54, 1.807) is 4.90 Å². The van der Waals surface area contributed by atoms with Crippen LogP contribution in [-0.2, 0) is 9.59 Å². The van der Waals surface area contributed by atoms with Crippen molar-refractivity contribution in [2.75, 3.05) is 32.7 Å². The summed E-state index contributed by atoms with van der Waals surface area (Å²) in [5.74, 6) is 1.04. The van der Waals surface area contributed by atoms with Gasteiger partial charge in [-0.05, 0) is 31.6 Å². The number of hydrogen-bond donors (Lipinski definition) is 2. The Labute approximate surface area is 146 Å². The van der Waals surface area contributed by atoms with E-state index >= 15 is 0 Å². The second kappa shape index (κ2) is 8.32. The van der Waals surface area contributed by atoms with Crippen LogP contribution < -0.4 is 10.2 Å². The summed E-state index contributed by atoms with van der Waals surface area (Å²) in [4.78, 5) is 28.2. The monoisotopic (exact) mass is 336 g/mol. The van der Waals surface area contributed by atoms with Gasteiger partial charge in [-0.3, -0.25) is 9.59 Å². The zero-order valence-electron chi connectivity index (χ0n) is 15.2. The minimum Gasteiger partial charge on any atom is -0.356 e. The number of piperidine rings is 1. The van der Waals surface area contributed by atoms with Crippen LogP contribution in [0.4, 0.5) is 0 Å². The Balaban J connectivity index is 1.33. The standard InChI is InChI=1S/C19H33N3O2/c1-15-7-11-21(12-8-15)10-4-9-20-19(24)16-13-18(23)22(14-16)17-5-2-3-6-17/h15-17H,2-14H2,1H3,(H,20,24)/p+1. The predicted molar refractivity (Wildman–Crippen MR) is 93.7 cm³/mol. The highest BCUT2D eigenvalue weighted by Gasteiger charge is 2.38. The van der Waals surface area contributed by atoms with Gasteiger partial charge >= 0.3 is 0 Å². The molecule has 0 radical (unpaired) electrons. The first-order chi connectivity index (χ1) is 11.6. The lowest BCUT2D eigenvalue weighted by Gasteiger charge is -2.27. The first kappa shape index (κ1) is 17.7. The summed E-state index contributed by atoms with van der Waals surface area (Å²) in [6.45, 7) is 7.46. The number of rotatable bonds is 6. The molecule has 1 aliphatic carbocycles. The number of carbonyl (C=O) groups is 2. The Morgan fingerprint density at radius 3 is 2.62 bits per heavy atom. The smallest absolute Gasteiger partial charge is 0.225 e.